The Balaban J connectivity index is 1.71. The number of sulfone groups is 1. The zero-order valence-corrected chi connectivity index (χ0v) is 12.6. The van der Waals surface area contributed by atoms with Crippen LogP contribution in [0.1, 0.15) is 5.69 Å². The van der Waals surface area contributed by atoms with Crippen molar-refractivity contribution in [2.24, 2.45) is 0 Å². The number of benzene rings is 1. The van der Waals surface area contributed by atoms with Gasteiger partial charge in [-0.15, -0.1) is 0 Å². The molecule has 1 aromatic carbocycles. The quantitative estimate of drug-likeness (QED) is 0.788. The first kappa shape index (κ1) is 15.5. The monoisotopic (exact) mass is 306 g/mol. The molecule has 0 bridgehead atoms. The second-order valence-corrected chi connectivity index (χ2v) is 6.61. The fraction of sp³-hybridized carbons (Fsp3) is 0.267. The Hall–Kier alpha value is -1.92. The number of aromatic nitrogens is 1. The molecule has 0 amide bonds. The number of rotatable bonds is 7. The summed E-state index contributed by atoms with van der Waals surface area (Å²) in [5, 5.41) is 3.22. The van der Waals surface area contributed by atoms with E-state index in [4.69, 9.17) is 4.74 Å². The predicted octanol–water partition coefficient (Wildman–Crippen LogP) is 1.65. The van der Waals surface area contributed by atoms with Crippen LogP contribution in [0.4, 0.5) is 0 Å². The van der Waals surface area contributed by atoms with Gasteiger partial charge in [-0.3, -0.25) is 4.98 Å². The maximum absolute atomic E-state index is 11.3. The van der Waals surface area contributed by atoms with Gasteiger partial charge in [0.05, 0.1) is 10.6 Å². The molecule has 2 aromatic rings. The van der Waals surface area contributed by atoms with Crippen LogP contribution in [0, 0.1) is 0 Å². The summed E-state index contributed by atoms with van der Waals surface area (Å²) in [4.78, 5) is 4.50. The lowest BCUT2D eigenvalue weighted by Crippen LogP contribution is -2.21. The lowest BCUT2D eigenvalue weighted by Gasteiger charge is -2.08. The number of hydrogen-bond acceptors (Lipinski definition) is 5. The van der Waals surface area contributed by atoms with Crippen LogP contribution in [0.5, 0.6) is 5.75 Å². The van der Waals surface area contributed by atoms with Crippen LogP contribution < -0.4 is 10.1 Å². The maximum Gasteiger partial charge on any atom is 0.175 e. The summed E-state index contributed by atoms with van der Waals surface area (Å²) < 4.78 is 28.2. The Bertz CT molecular complexity index is 655. The Kier molecular flexibility index (Phi) is 5.30. The second-order valence-electron chi connectivity index (χ2n) is 4.59. The number of hydrogen-bond donors (Lipinski definition) is 1. The smallest absolute Gasteiger partial charge is 0.175 e. The van der Waals surface area contributed by atoms with Crippen LogP contribution in [0.2, 0.25) is 0 Å². The highest BCUT2D eigenvalue weighted by Crippen LogP contribution is 2.15. The molecule has 0 spiro atoms. The van der Waals surface area contributed by atoms with Crippen molar-refractivity contribution in [1.29, 1.82) is 0 Å². The maximum atomic E-state index is 11.3. The van der Waals surface area contributed by atoms with E-state index in [2.05, 4.69) is 10.3 Å². The van der Waals surface area contributed by atoms with Crippen LogP contribution >= 0.6 is 0 Å². The third-order valence-electron chi connectivity index (χ3n) is 2.83. The van der Waals surface area contributed by atoms with E-state index in [0.29, 0.717) is 30.3 Å². The van der Waals surface area contributed by atoms with Gasteiger partial charge >= 0.3 is 0 Å². The topological polar surface area (TPSA) is 68.3 Å². The van der Waals surface area contributed by atoms with Gasteiger partial charge < -0.3 is 10.1 Å². The van der Waals surface area contributed by atoms with E-state index in [1.54, 1.807) is 30.5 Å². The summed E-state index contributed by atoms with van der Waals surface area (Å²) in [6, 6.07) is 12.2. The first-order valence-corrected chi connectivity index (χ1v) is 8.48. The zero-order valence-electron chi connectivity index (χ0n) is 11.8. The standard InChI is InChI=1S/C15H18N2O3S/c1-21(18,19)15-7-5-14(6-8-15)20-11-10-16-12-13-4-2-3-9-17-13/h2-9,16H,10-12H2,1H3. The highest BCUT2D eigenvalue weighted by atomic mass is 32.2. The molecule has 112 valence electrons. The minimum Gasteiger partial charge on any atom is -0.492 e. The van der Waals surface area contributed by atoms with E-state index >= 15 is 0 Å². The van der Waals surface area contributed by atoms with Crippen molar-refractivity contribution in [2.75, 3.05) is 19.4 Å². The third-order valence-corrected chi connectivity index (χ3v) is 3.96. The SMILES string of the molecule is CS(=O)(=O)c1ccc(OCCNCc2ccccn2)cc1. The zero-order chi connectivity index (χ0) is 15.1. The van der Waals surface area contributed by atoms with Gasteiger partial charge in [-0.05, 0) is 36.4 Å². The molecule has 0 saturated heterocycles. The third kappa shape index (κ3) is 5.17. The molecule has 21 heavy (non-hydrogen) atoms. The van der Waals surface area contributed by atoms with Crippen LogP contribution in [-0.2, 0) is 16.4 Å². The number of nitrogens with zero attached hydrogens (tertiary/aromatic N) is 1. The average molecular weight is 306 g/mol. The fourth-order valence-corrected chi connectivity index (χ4v) is 2.37. The lowest BCUT2D eigenvalue weighted by atomic mass is 10.3. The largest absolute Gasteiger partial charge is 0.492 e. The van der Waals surface area contributed by atoms with Gasteiger partial charge in [0.1, 0.15) is 12.4 Å². The van der Waals surface area contributed by atoms with E-state index in [-0.39, 0.29) is 0 Å². The first-order valence-electron chi connectivity index (χ1n) is 6.59. The van der Waals surface area contributed by atoms with Gasteiger partial charge in [0, 0.05) is 25.5 Å². The number of pyridine rings is 1. The van der Waals surface area contributed by atoms with Crippen LogP contribution in [0.3, 0.4) is 0 Å². The molecule has 0 saturated carbocycles. The molecule has 1 aromatic heterocycles. The molecule has 1 heterocycles. The molecule has 5 nitrogen and oxygen atoms in total. The van der Waals surface area contributed by atoms with Crippen molar-refractivity contribution in [1.82, 2.24) is 10.3 Å². The minimum absolute atomic E-state index is 0.295. The molecule has 1 N–H and O–H groups in total. The molecule has 6 heteroatoms. The minimum atomic E-state index is -3.15. The second kappa shape index (κ2) is 7.19. The molecule has 0 fully saturated rings. The van der Waals surface area contributed by atoms with Crippen molar-refractivity contribution < 1.29 is 13.2 Å². The van der Waals surface area contributed by atoms with E-state index in [9.17, 15) is 8.42 Å². The molecule has 0 aliphatic rings. The normalized spacial score (nSPS) is 11.3. The van der Waals surface area contributed by atoms with Gasteiger partial charge in [-0.2, -0.15) is 0 Å². The molecule has 0 atom stereocenters. The highest BCUT2D eigenvalue weighted by molar-refractivity contribution is 7.90. The molecule has 2 rings (SSSR count). The Morgan fingerprint density at radius 2 is 1.90 bits per heavy atom. The van der Waals surface area contributed by atoms with Crippen molar-refractivity contribution in [3.05, 3.63) is 54.4 Å². The summed E-state index contributed by atoms with van der Waals surface area (Å²) in [7, 11) is -3.15. The van der Waals surface area contributed by atoms with Crippen molar-refractivity contribution in [3.8, 4) is 5.75 Å². The molecule has 0 aliphatic heterocycles. The Morgan fingerprint density at radius 1 is 1.14 bits per heavy atom. The summed E-state index contributed by atoms with van der Waals surface area (Å²) in [5.74, 6) is 0.655. The van der Waals surface area contributed by atoms with Crippen molar-refractivity contribution >= 4 is 9.84 Å². The van der Waals surface area contributed by atoms with Crippen LogP contribution in [-0.4, -0.2) is 32.8 Å². The van der Waals surface area contributed by atoms with E-state index in [1.807, 2.05) is 18.2 Å². The van der Waals surface area contributed by atoms with Gasteiger partial charge in [-0.1, -0.05) is 6.07 Å². The van der Waals surface area contributed by atoms with E-state index < -0.39 is 9.84 Å². The average Bonchev–Trinajstić information content (AvgIpc) is 2.47. The summed E-state index contributed by atoms with van der Waals surface area (Å²) in [6.07, 6.45) is 2.95. The van der Waals surface area contributed by atoms with E-state index in [0.717, 1.165) is 5.69 Å². The lowest BCUT2D eigenvalue weighted by molar-refractivity contribution is 0.313. The molecular weight excluding hydrogens is 288 g/mol. The predicted molar refractivity (Wildman–Crippen MR) is 81.0 cm³/mol. The van der Waals surface area contributed by atoms with Crippen molar-refractivity contribution in [3.63, 3.8) is 0 Å². The number of nitrogens with one attached hydrogen (secondary N) is 1. The molecule has 0 aliphatic carbocycles. The van der Waals surface area contributed by atoms with E-state index in [1.165, 1.54) is 6.26 Å². The van der Waals surface area contributed by atoms with Gasteiger partial charge in [-0.25, -0.2) is 8.42 Å². The van der Waals surface area contributed by atoms with Crippen LogP contribution in [0.15, 0.2) is 53.6 Å². The summed E-state index contributed by atoms with van der Waals surface area (Å²) in [5.41, 5.74) is 0.981. The van der Waals surface area contributed by atoms with Gasteiger partial charge in [0.2, 0.25) is 0 Å². The summed E-state index contributed by atoms with van der Waals surface area (Å²) in [6.45, 7) is 1.88. The Labute approximate surface area is 124 Å². The highest BCUT2D eigenvalue weighted by Gasteiger charge is 2.06. The molecular formula is C15H18N2O3S. The van der Waals surface area contributed by atoms with Gasteiger partial charge in [0.25, 0.3) is 0 Å². The first-order chi connectivity index (χ1) is 10.1. The molecule has 0 unspecified atom stereocenters. The Morgan fingerprint density at radius 3 is 2.52 bits per heavy atom. The summed E-state index contributed by atoms with van der Waals surface area (Å²) >= 11 is 0. The molecule has 0 radical (unpaired) electrons. The fourth-order valence-electron chi connectivity index (χ4n) is 1.74. The van der Waals surface area contributed by atoms with Crippen LogP contribution in [0.25, 0.3) is 0 Å². The van der Waals surface area contributed by atoms with Crippen molar-refractivity contribution in [2.45, 2.75) is 11.4 Å². The van der Waals surface area contributed by atoms with Gasteiger partial charge in [0.15, 0.2) is 9.84 Å². The number of ether oxygens (including phenoxy) is 1.